The summed E-state index contributed by atoms with van der Waals surface area (Å²) < 4.78 is 0. The third kappa shape index (κ3) is 4.18. The average Bonchev–Trinajstić information content (AvgIpc) is 2.98. The monoisotopic (exact) mass is 317 g/mol. The molecule has 2 aromatic rings. The van der Waals surface area contributed by atoms with Crippen LogP contribution in [0.1, 0.15) is 17.8 Å². The number of nitrogen functional groups attached to an aromatic ring is 1. The highest BCUT2D eigenvalue weighted by molar-refractivity contribution is 7.15. The second kappa shape index (κ2) is 7.56. The van der Waals surface area contributed by atoms with Crippen LogP contribution in [0.25, 0.3) is 0 Å². The summed E-state index contributed by atoms with van der Waals surface area (Å²) in [6.45, 7) is 5.73. The zero-order chi connectivity index (χ0) is 15.2. The van der Waals surface area contributed by atoms with Crippen molar-refractivity contribution in [3.63, 3.8) is 0 Å². The third-order valence-corrected chi connectivity index (χ3v) is 4.90. The number of benzene rings is 1. The van der Waals surface area contributed by atoms with Crippen molar-refractivity contribution in [3.8, 4) is 0 Å². The van der Waals surface area contributed by atoms with Gasteiger partial charge in [0.05, 0.1) is 0 Å². The van der Waals surface area contributed by atoms with Gasteiger partial charge >= 0.3 is 0 Å². The summed E-state index contributed by atoms with van der Waals surface area (Å²) in [7, 11) is 0. The minimum atomic E-state index is 0.576. The Morgan fingerprint density at radius 1 is 1.00 bits per heavy atom. The lowest BCUT2D eigenvalue weighted by Gasteiger charge is -2.36. The number of aryl methyl sites for hydroxylation is 1. The van der Waals surface area contributed by atoms with Gasteiger partial charge in [-0.3, -0.25) is 4.90 Å². The van der Waals surface area contributed by atoms with Gasteiger partial charge in [0.1, 0.15) is 5.01 Å². The van der Waals surface area contributed by atoms with Gasteiger partial charge in [-0.25, -0.2) is 0 Å². The number of anilines is 2. The predicted octanol–water partition coefficient (Wildman–Crippen LogP) is 2.27. The number of para-hydroxylation sites is 1. The Balaban J connectivity index is 1.34. The molecule has 1 aromatic heterocycles. The average molecular weight is 317 g/mol. The van der Waals surface area contributed by atoms with Gasteiger partial charge in [-0.15, -0.1) is 10.2 Å². The van der Waals surface area contributed by atoms with Crippen LogP contribution in [0.3, 0.4) is 0 Å². The molecule has 22 heavy (non-hydrogen) atoms. The van der Waals surface area contributed by atoms with Gasteiger partial charge in [0.25, 0.3) is 0 Å². The van der Waals surface area contributed by atoms with Crippen LogP contribution < -0.4 is 10.6 Å². The molecule has 1 aliphatic heterocycles. The first-order valence-corrected chi connectivity index (χ1v) is 8.73. The Hall–Kier alpha value is -1.66. The molecule has 1 aliphatic rings. The molecule has 0 atom stereocenters. The standard InChI is InChI=1S/C16H23N5S/c17-16-19-18-15(22-16)8-4-5-9-20-10-12-21(13-11-20)14-6-2-1-3-7-14/h1-3,6-7H,4-5,8-13H2,(H2,17,19). The maximum absolute atomic E-state index is 5.59. The topological polar surface area (TPSA) is 58.3 Å². The maximum atomic E-state index is 5.59. The smallest absolute Gasteiger partial charge is 0.203 e. The van der Waals surface area contributed by atoms with Gasteiger partial charge in [0, 0.05) is 38.3 Å². The molecule has 6 heteroatoms. The largest absolute Gasteiger partial charge is 0.374 e. The van der Waals surface area contributed by atoms with Crippen molar-refractivity contribution in [1.82, 2.24) is 15.1 Å². The number of hydrogen-bond acceptors (Lipinski definition) is 6. The van der Waals surface area contributed by atoms with E-state index in [1.165, 1.54) is 30.0 Å². The van der Waals surface area contributed by atoms with Gasteiger partial charge in [-0.1, -0.05) is 29.5 Å². The molecule has 3 rings (SSSR count). The van der Waals surface area contributed by atoms with Crippen LogP contribution in [0, 0.1) is 0 Å². The van der Waals surface area contributed by atoms with E-state index in [9.17, 15) is 0 Å². The van der Waals surface area contributed by atoms with Crippen LogP contribution >= 0.6 is 11.3 Å². The molecule has 0 spiro atoms. The molecule has 1 aromatic carbocycles. The van der Waals surface area contributed by atoms with E-state index in [2.05, 4.69) is 50.3 Å². The fraction of sp³-hybridized carbons (Fsp3) is 0.500. The molecule has 1 saturated heterocycles. The first-order valence-electron chi connectivity index (χ1n) is 7.91. The van der Waals surface area contributed by atoms with Crippen molar-refractivity contribution in [2.24, 2.45) is 0 Å². The number of unbranched alkanes of at least 4 members (excludes halogenated alkanes) is 1. The molecule has 2 heterocycles. The number of nitrogens with two attached hydrogens (primary N) is 1. The van der Waals surface area contributed by atoms with Crippen molar-refractivity contribution in [2.75, 3.05) is 43.4 Å². The normalized spacial score (nSPS) is 16.1. The predicted molar refractivity (Wildman–Crippen MR) is 92.4 cm³/mol. The van der Waals surface area contributed by atoms with Crippen molar-refractivity contribution in [1.29, 1.82) is 0 Å². The zero-order valence-corrected chi connectivity index (χ0v) is 13.6. The summed E-state index contributed by atoms with van der Waals surface area (Å²) in [5, 5.41) is 9.56. The molecular weight excluding hydrogens is 294 g/mol. The van der Waals surface area contributed by atoms with Crippen LogP contribution in [-0.2, 0) is 6.42 Å². The summed E-state index contributed by atoms with van der Waals surface area (Å²) in [6.07, 6.45) is 3.37. The first kappa shape index (κ1) is 15.2. The quantitative estimate of drug-likeness (QED) is 0.828. The maximum Gasteiger partial charge on any atom is 0.203 e. The molecule has 0 saturated carbocycles. The van der Waals surface area contributed by atoms with Crippen molar-refractivity contribution >= 4 is 22.2 Å². The van der Waals surface area contributed by atoms with Crippen molar-refractivity contribution < 1.29 is 0 Å². The lowest BCUT2D eigenvalue weighted by atomic mass is 10.2. The highest BCUT2D eigenvalue weighted by atomic mass is 32.1. The van der Waals surface area contributed by atoms with E-state index in [0.717, 1.165) is 44.0 Å². The molecule has 2 N–H and O–H groups in total. The Labute approximate surface area is 135 Å². The van der Waals surface area contributed by atoms with Crippen molar-refractivity contribution in [3.05, 3.63) is 35.3 Å². The minimum absolute atomic E-state index is 0.576. The molecule has 0 aliphatic carbocycles. The van der Waals surface area contributed by atoms with E-state index in [1.807, 2.05) is 0 Å². The highest BCUT2D eigenvalue weighted by Crippen LogP contribution is 2.16. The number of rotatable bonds is 6. The number of piperazine rings is 1. The zero-order valence-electron chi connectivity index (χ0n) is 12.8. The van der Waals surface area contributed by atoms with Crippen LogP contribution in [0.4, 0.5) is 10.8 Å². The molecule has 118 valence electrons. The van der Waals surface area contributed by atoms with Crippen LogP contribution in [0.5, 0.6) is 0 Å². The molecule has 0 radical (unpaired) electrons. The highest BCUT2D eigenvalue weighted by Gasteiger charge is 2.16. The Morgan fingerprint density at radius 3 is 2.45 bits per heavy atom. The summed E-state index contributed by atoms with van der Waals surface area (Å²) in [4.78, 5) is 5.04. The molecule has 0 amide bonds. The van der Waals surface area contributed by atoms with E-state index in [0.29, 0.717) is 5.13 Å². The minimum Gasteiger partial charge on any atom is -0.374 e. The van der Waals surface area contributed by atoms with Gasteiger partial charge in [-0.05, 0) is 31.5 Å². The van der Waals surface area contributed by atoms with Crippen LogP contribution in [-0.4, -0.2) is 47.8 Å². The lowest BCUT2D eigenvalue weighted by molar-refractivity contribution is 0.253. The fourth-order valence-electron chi connectivity index (χ4n) is 2.85. The van der Waals surface area contributed by atoms with E-state index >= 15 is 0 Å². The summed E-state index contributed by atoms with van der Waals surface area (Å²) >= 11 is 1.51. The Morgan fingerprint density at radius 2 is 1.77 bits per heavy atom. The van der Waals surface area contributed by atoms with E-state index in [4.69, 9.17) is 5.73 Å². The molecular formula is C16H23N5S. The molecule has 5 nitrogen and oxygen atoms in total. The fourth-order valence-corrected chi connectivity index (χ4v) is 3.50. The number of aromatic nitrogens is 2. The van der Waals surface area contributed by atoms with E-state index < -0.39 is 0 Å². The first-order chi connectivity index (χ1) is 10.8. The molecule has 1 fully saturated rings. The molecule has 0 bridgehead atoms. The lowest BCUT2D eigenvalue weighted by Crippen LogP contribution is -2.46. The Bertz CT molecular complexity index is 563. The Kier molecular flexibility index (Phi) is 5.24. The second-order valence-corrected chi connectivity index (χ2v) is 6.75. The van der Waals surface area contributed by atoms with Gasteiger partial charge in [0.2, 0.25) is 5.13 Å². The van der Waals surface area contributed by atoms with E-state index in [1.54, 1.807) is 0 Å². The second-order valence-electron chi connectivity index (χ2n) is 5.66. The third-order valence-electron chi connectivity index (χ3n) is 4.09. The summed E-state index contributed by atoms with van der Waals surface area (Å²) in [6, 6.07) is 10.7. The molecule has 0 unspecified atom stereocenters. The van der Waals surface area contributed by atoms with Crippen LogP contribution in [0.2, 0.25) is 0 Å². The van der Waals surface area contributed by atoms with Gasteiger partial charge < -0.3 is 10.6 Å². The number of hydrogen-bond donors (Lipinski definition) is 1. The summed E-state index contributed by atoms with van der Waals surface area (Å²) in [5.74, 6) is 0. The summed E-state index contributed by atoms with van der Waals surface area (Å²) in [5.41, 5.74) is 6.94. The number of nitrogens with zero attached hydrogens (tertiary/aromatic N) is 4. The van der Waals surface area contributed by atoms with E-state index in [-0.39, 0.29) is 0 Å². The van der Waals surface area contributed by atoms with Gasteiger partial charge in [-0.2, -0.15) is 0 Å². The van der Waals surface area contributed by atoms with Crippen LogP contribution in [0.15, 0.2) is 30.3 Å². The SMILES string of the molecule is Nc1nnc(CCCCN2CCN(c3ccccc3)CC2)s1. The van der Waals surface area contributed by atoms with Gasteiger partial charge in [0.15, 0.2) is 0 Å². The van der Waals surface area contributed by atoms with Crippen molar-refractivity contribution in [2.45, 2.75) is 19.3 Å².